The zero-order valence-electron chi connectivity index (χ0n) is 6.99. The van der Waals surface area contributed by atoms with Crippen molar-refractivity contribution < 1.29 is 4.55 Å². The van der Waals surface area contributed by atoms with Crippen LogP contribution in [0.2, 0.25) is 0 Å². The Bertz CT molecular complexity index is 279. The van der Waals surface area contributed by atoms with Crippen molar-refractivity contribution in [1.82, 2.24) is 0 Å². The van der Waals surface area contributed by atoms with E-state index < -0.39 is 11.2 Å². The molecule has 0 aliphatic carbocycles. The summed E-state index contributed by atoms with van der Waals surface area (Å²) in [5, 5.41) is 0. The monoisotopic (exact) mass is 179 g/mol. The highest BCUT2D eigenvalue weighted by atomic mass is 32.2. The first-order valence-electron chi connectivity index (χ1n) is 3.64. The van der Waals surface area contributed by atoms with Gasteiger partial charge >= 0.3 is 0 Å². The molecule has 1 nitrogen and oxygen atoms in total. The molecular formula is C10H11OS. The van der Waals surface area contributed by atoms with Crippen molar-refractivity contribution in [1.29, 1.82) is 0 Å². The van der Waals surface area contributed by atoms with Gasteiger partial charge in [-0.05, 0) is 30.2 Å². The van der Waals surface area contributed by atoms with E-state index in [-0.39, 0.29) is 0 Å². The summed E-state index contributed by atoms with van der Waals surface area (Å²) in [7, 11) is 0. The SMILES string of the molecule is [CH2]/C=C/c1ccccc1[S+](C)[O-]. The second-order valence-corrected chi connectivity index (χ2v) is 3.74. The molecule has 0 bridgehead atoms. The van der Waals surface area contributed by atoms with Crippen LogP contribution in [-0.2, 0) is 11.2 Å². The molecular weight excluding hydrogens is 168 g/mol. The maximum Gasteiger partial charge on any atom is 0.159 e. The van der Waals surface area contributed by atoms with E-state index in [1.165, 1.54) is 0 Å². The minimum atomic E-state index is -0.921. The molecule has 0 saturated heterocycles. The highest BCUT2D eigenvalue weighted by molar-refractivity contribution is 7.90. The van der Waals surface area contributed by atoms with E-state index in [1.807, 2.05) is 30.3 Å². The van der Waals surface area contributed by atoms with Crippen molar-refractivity contribution >= 4 is 17.3 Å². The van der Waals surface area contributed by atoms with Crippen molar-refractivity contribution in [3.8, 4) is 0 Å². The summed E-state index contributed by atoms with van der Waals surface area (Å²) in [6.07, 6.45) is 5.23. The van der Waals surface area contributed by atoms with Crippen molar-refractivity contribution in [3.05, 3.63) is 42.8 Å². The second kappa shape index (κ2) is 4.33. The van der Waals surface area contributed by atoms with Crippen molar-refractivity contribution in [3.63, 3.8) is 0 Å². The van der Waals surface area contributed by atoms with Crippen molar-refractivity contribution in [2.45, 2.75) is 4.90 Å². The quantitative estimate of drug-likeness (QED) is 0.639. The molecule has 0 saturated carbocycles. The molecule has 2 heteroatoms. The fraction of sp³-hybridized carbons (Fsp3) is 0.100. The van der Waals surface area contributed by atoms with Gasteiger partial charge in [-0.3, -0.25) is 0 Å². The van der Waals surface area contributed by atoms with E-state index in [0.717, 1.165) is 10.5 Å². The average molecular weight is 179 g/mol. The normalized spacial score (nSPS) is 13.6. The third-order valence-electron chi connectivity index (χ3n) is 1.53. The summed E-state index contributed by atoms with van der Waals surface area (Å²) in [5.41, 5.74) is 0.980. The summed E-state index contributed by atoms with van der Waals surface area (Å²) in [5.74, 6) is 0. The molecule has 12 heavy (non-hydrogen) atoms. The Labute approximate surface area is 76.3 Å². The summed E-state index contributed by atoms with van der Waals surface area (Å²) >= 11 is -0.921. The van der Waals surface area contributed by atoms with E-state index in [4.69, 9.17) is 0 Å². The molecule has 1 aromatic carbocycles. The number of hydrogen-bond acceptors (Lipinski definition) is 1. The van der Waals surface area contributed by atoms with Crippen LogP contribution >= 0.6 is 0 Å². The lowest BCUT2D eigenvalue weighted by Crippen LogP contribution is -1.99. The summed E-state index contributed by atoms with van der Waals surface area (Å²) in [6.45, 7) is 3.60. The number of rotatable bonds is 2. The Morgan fingerprint density at radius 3 is 2.67 bits per heavy atom. The number of hydrogen-bond donors (Lipinski definition) is 0. The molecule has 0 spiro atoms. The van der Waals surface area contributed by atoms with E-state index in [9.17, 15) is 4.55 Å². The van der Waals surface area contributed by atoms with Crippen LogP contribution in [0.5, 0.6) is 0 Å². The standard InChI is InChI=1S/C10H11OS/c1-3-6-9-7-4-5-8-10(9)12(2)11/h3-8H,1H2,2H3/b6-3+. The summed E-state index contributed by atoms with van der Waals surface area (Å²) in [6, 6.07) is 7.60. The van der Waals surface area contributed by atoms with Gasteiger partial charge in [0.15, 0.2) is 4.90 Å². The molecule has 63 valence electrons. The van der Waals surface area contributed by atoms with E-state index >= 15 is 0 Å². The van der Waals surface area contributed by atoms with E-state index in [0.29, 0.717) is 0 Å². The predicted octanol–water partition coefficient (Wildman–Crippen LogP) is 2.27. The van der Waals surface area contributed by atoms with Gasteiger partial charge in [-0.2, -0.15) is 0 Å². The van der Waals surface area contributed by atoms with Gasteiger partial charge in [0, 0.05) is 5.56 Å². The number of allylic oxidation sites excluding steroid dienone is 1. The average Bonchev–Trinajstić information content (AvgIpc) is 2.05. The molecule has 0 heterocycles. The maximum absolute atomic E-state index is 11.2. The van der Waals surface area contributed by atoms with Crippen LogP contribution in [0, 0.1) is 6.92 Å². The smallest absolute Gasteiger partial charge is 0.159 e. The third kappa shape index (κ3) is 2.13. The third-order valence-corrected chi connectivity index (χ3v) is 2.52. The van der Waals surface area contributed by atoms with Crippen LogP contribution in [0.3, 0.4) is 0 Å². The van der Waals surface area contributed by atoms with Crippen LogP contribution in [0.4, 0.5) is 0 Å². The van der Waals surface area contributed by atoms with Crippen molar-refractivity contribution in [2.24, 2.45) is 0 Å². The first-order chi connectivity index (χ1) is 5.75. The van der Waals surface area contributed by atoms with Gasteiger partial charge in [-0.15, -0.1) is 0 Å². The van der Waals surface area contributed by atoms with Crippen LogP contribution in [0.15, 0.2) is 35.2 Å². The van der Waals surface area contributed by atoms with Gasteiger partial charge in [0.2, 0.25) is 0 Å². The molecule has 1 radical (unpaired) electrons. The largest absolute Gasteiger partial charge is 0.612 e. The molecule has 0 aliphatic heterocycles. The zero-order chi connectivity index (χ0) is 8.97. The molecule has 1 unspecified atom stereocenters. The molecule has 1 aromatic rings. The Morgan fingerprint density at radius 1 is 1.42 bits per heavy atom. The molecule has 1 rings (SSSR count). The Kier molecular flexibility index (Phi) is 3.38. The van der Waals surface area contributed by atoms with Gasteiger partial charge in [0.1, 0.15) is 6.26 Å². The maximum atomic E-state index is 11.2. The van der Waals surface area contributed by atoms with Crippen LogP contribution in [0.25, 0.3) is 6.08 Å². The van der Waals surface area contributed by atoms with Crippen LogP contribution in [-0.4, -0.2) is 10.8 Å². The molecule has 0 amide bonds. The fourth-order valence-electron chi connectivity index (χ4n) is 1.01. The minimum absolute atomic E-state index is 0.859. The Morgan fingerprint density at radius 2 is 2.08 bits per heavy atom. The highest BCUT2D eigenvalue weighted by Gasteiger charge is 2.06. The number of benzene rings is 1. The lowest BCUT2D eigenvalue weighted by Gasteiger charge is -2.06. The minimum Gasteiger partial charge on any atom is -0.612 e. The van der Waals surface area contributed by atoms with Gasteiger partial charge in [-0.25, -0.2) is 0 Å². The molecule has 0 N–H and O–H groups in total. The van der Waals surface area contributed by atoms with Gasteiger partial charge < -0.3 is 4.55 Å². The van der Waals surface area contributed by atoms with E-state index in [2.05, 4.69) is 6.92 Å². The summed E-state index contributed by atoms with van der Waals surface area (Å²) in [4.78, 5) is 0.859. The fourth-order valence-corrected chi connectivity index (χ4v) is 1.75. The van der Waals surface area contributed by atoms with Gasteiger partial charge in [0.05, 0.1) is 0 Å². The van der Waals surface area contributed by atoms with Crippen molar-refractivity contribution in [2.75, 3.05) is 6.26 Å². The lowest BCUT2D eigenvalue weighted by molar-refractivity contribution is 0.600. The second-order valence-electron chi connectivity index (χ2n) is 2.39. The zero-order valence-corrected chi connectivity index (χ0v) is 7.80. The molecule has 1 atom stereocenters. The lowest BCUT2D eigenvalue weighted by atomic mass is 10.2. The highest BCUT2D eigenvalue weighted by Crippen LogP contribution is 2.16. The van der Waals surface area contributed by atoms with Gasteiger partial charge in [-0.1, -0.05) is 24.3 Å². The Balaban J connectivity index is 3.08. The molecule has 0 fully saturated rings. The van der Waals surface area contributed by atoms with Gasteiger partial charge in [0.25, 0.3) is 0 Å². The van der Waals surface area contributed by atoms with E-state index in [1.54, 1.807) is 12.3 Å². The predicted molar refractivity (Wildman–Crippen MR) is 53.2 cm³/mol. The summed E-state index contributed by atoms with van der Waals surface area (Å²) < 4.78 is 11.2. The van der Waals surface area contributed by atoms with Crippen LogP contribution in [0.1, 0.15) is 5.56 Å². The molecule has 0 aliphatic rings. The molecule has 0 aromatic heterocycles. The van der Waals surface area contributed by atoms with Crippen LogP contribution < -0.4 is 0 Å². The Hall–Kier alpha value is -0.730. The topological polar surface area (TPSA) is 23.1 Å². The first kappa shape index (κ1) is 9.36. The first-order valence-corrected chi connectivity index (χ1v) is 5.19.